The average molecular weight is 305 g/mol. The molecular weight excluding hydrogens is 288 g/mol. The second-order valence-corrected chi connectivity index (χ2v) is 5.13. The van der Waals surface area contributed by atoms with E-state index in [1.807, 2.05) is 0 Å². The van der Waals surface area contributed by atoms with Crippen molar-refractivity contribution in [1.82, 2.24) is 15.6 Å². The monoisotopic (exact) mass is 304 g/mol. The number of thiazole rings is 1. The molecule has 0 saturated heterocycles. The van der Waals surface area contributed by atoms with Crippen LogP contribution >= 0.6 is 23.7 Å². The molecule has 6 nitrogen and oxygen atoms in total. The van der Waals surface area contributed by atoms with Crippen LogP contribution in [0, 0.1) is 0 Å². The minimum absolute atomic E-state index is 0. The van der Waals surface area contributed by atoms with Gasteiger partial charge < -0.3 is 16.4 Å². The Morgan fingerprint density at radius 1 is 1.47 bits per heavy atom. The molecule has 2 rings (SSSR count). The molecule has 0 radical (unpaired) electrons. The summed E-state index contributed by atoms with van der Waals surface area (Å²) in [5, 5.41) is 7.87. The number of nitrogens with one attached hydrogen (secondary N) is 2. The number of hydrogen-bond acceptors (Lipinski definition) is 5. The minimum atomic E-state index is -0.319. The topological polar surface area (TPSA) is 97.1 Å². The summed E-state index contributed by atoms with van der Waals surface area (Å²) in [6.07, 6.45) is 2.74. The van der Waals surface area contributed by atoms with Gasteiger partial charge in [-0.05, 0) is 19.4 Å². The van der Waals surface area contributed by atoms with E-state index < -0.39 is 0 Å². The highest BCUT2D eigenvalue weighted by atomic mass is 35.5. The Kier molecular flexibility index (Phi) is 6.20. The molecule has 1 aromatic heterocycles. The van der Waals surface area contributed by atoms with Crippen LogP contribution < -0.4 is 16.4 Å². The van der Waals surface area contributed by atoms with Crippen molar-refractivity contribution >= 4 is 35.6 Å². The van der Waals surface area contributed by atoms with E-state index in [2.05, 4.69) is 15.6 Å². The van der Waals surface area contributed by atoms with Crippen molar-refractivity contribution < 1.29 is 9.59 Å². The molecule has 1 fully saturated rings. The third kappa shape index (κ3) is 5.14. The SMILES string of the molecule is Cl.NCCc1nc(C(=O)NCC(=O)NC2CC2)cs1. The first-order valence-corrected chi connectivity index (χ1v) is 6.79. The maximum atomic E-state index is 11.7. The highest BCUT2D eigenvalue weighted by Gasteiger charge is 2.23. The van der Waals surface area contributed by atoms with Crippen LogP contribution in [0.3, 0.4) is 0 Å². The number of carbonyl (C=O) groups excluding carboxylic acids is 2. The summed E-state index contributed by atoms with van der Waals surface area (Å²) in [6, 6.07) is 0.310. The van der Waals surface area contributed by atoms with Crippen molar-refractivity contribution in [2.75, 3.05) is 13.1 Å². The Hall–Kier alpha value is -1.18. The number of halogens is 1. The molecule has 1 aliphatic rings. The smallest absolute Gasteiger partial charge is 0.271 e. The van der Waals surface area contributed by atoms with E-state index in [0.29, 0.717) is 24.7 Å². The lowest BCUT2D eigenvalue weighted by atomic mass is 10.4. The van der Waals surface area contributed by atoms with Gasteiger partial charge >= 0.3 is 0 Å². The summed E-state index contributed by atoms with van der Waals surface area (Å²) in [5.74, 6) is -0.469. The molecule has 19 heavy (non-hydrogen) atoms. The van der Waals surface area contributed by atoms with Crippen LogP contribution in [0.25, 0.3) is 0 Å². The van der Waals surface area contributed by atoms with Crippen LogP contribution in [0.1, 0.15) is 28.3 Å². The van der Waals surface area contributed by atoms with E-state index >= 15 is 0 Å². The number of nitrogens with zero attached hydrogens (tertiary/aromatic N) is 1. The first-order chi connectivity index (χ1) is 8.69. The molecular formula is C11H17ClN4O2S. The quantitative estimate of drug-likeness (QED) is 0.693. The predicted octanol–water partition coefficient (Wildman–Crippen LogP) is 0.0745. The van der Waals surface area contributed by atoms with Crippen molar-refractivity contribution in [1.29, 1.82) is 0 Å². The average Bonchev–Trinajstić information content (AvgIpc) is 3.03. The number of aromatic nitrogens is 1. The highest BCUT2D eigenvalue weighted by Crippen LogP contribution is 2.18. The van der Waals surface area contributed by atoms with Crippen molar-refractivity contribution in [2.24, 2.45) is 5.73 Å². The first-order valence-electron chi connectivity index (χ1n) is 5.91. The maximum absolute atomic E-state index is 11.7. The van der Waals surface area contributed by atoms with Crippen LogP contribution in [0.2, 0.25) is 0 Å². The molecule has 8 heteroatoms. The Morgan fingerprint density at radius 2 is 2.21 bits per heavy atom. The fourth-order valence-corrected chi connectivity index (χ4v) is 2.21. The number of rotatable bonds is 6. The Bertz CT molecular complexity index is 448. The number of amides is 2. The molecule has 4 N–H and O–H groups in total. The zero-order valence-electron chi connectivity index (χ0n) is 10.3. The Balaban J connectivity index is 0.00000180. The van der Waals surface area contributed by atoms with E-state index in [-0.39, 0.29) is 30.8 Å². The standard InChI is InChI=1S/C11H16N4O2S.ClH/c12-4-3-10-15-8(6-18-10)11(17)13-5-9(16)14-7-1-2-7;/h6-7H,1-5,12H2,(H,13,17)(H,14,16);1H. The minimum Gasteiger partial charge on any atom is -0.352 e. The Morgan fingerprint density at radius 3 is 2.84 bits per heavy atom. The fraction of sp³-hybridized carbons (Fsp3) is 0.545. The molecule has 0 unspecified atom stereocenters. The zero-order valence-corrected chi connectivity index (χ0v) is 12.0. The first kappa shape index (κ1) is 15.9. The number of hydrogen-bond donors (Lipinski definition) is 3. The summed E-state index contributed by atoms with van der Waals surface area (Å²) in [7, 11) is 0. The van der Waals surface area contributed by atoms with Crippen LogP contribution in [-0.4, -0.2) is 35.9 Å². The van der Waals surface area contributed by atoms with Crippen LogP contribution in [0.5, 0.6) is 0 Å². The van der Waals surface area contributed by atoms with Gasteiger partial charge in [-0.3, -0.25) is 9.59 Å². The molecule has 2 amide bonds. The number of nitrogens with two attached hydrogens (primary N) is 1. The van der Waals surface area contributed by atoms with Gasteiger partial charge in [0.05, 0.1) is 11.6 Å². The molecule has 0 aliphatic heterocycles. The van der Waals surface area contributed by atoms with E-state index in [4.69, 9.17) is 5.73 Å². The second-order valence-electron chi connectivity index (χ2n) is 4.19. The second kappa shape index (κ2) is 7.42. The van der Waals surface area contributed by atoms with Gasteiger partial charge in [-0.1, -0.05) is 0 Å². The van der Waals surface area contributed by atoms with Gasteiger partial charge in [0.2, 0.25) is 5.91 Å². The highest BCUT2D eigenvalue weighted by molar-refractivity contribution is 7.09. The van der Waals surface area contributed by atoms with Gasteiger partial charge in [-0.15, -0.1) is 23.7 Å². The largest absolute Gasteiger partial charge is 0.352 e. The van der Waals surface area contributed by atoms with Gasteiger partial charge in [0, 0.05) is 17.8 Å². The van der Waals surface area contributed by atoms with E-state index in [1.165, 1.54) is 11.3 Å². The third-order valence-corrected chi connectivity index (χ3v) is 3.40. The summed E-state index contributed by atoms with van der Waals surface area (Å²) in [5.41, 5.74) is 5.76. The molecule has 0 spiro atoms. The molecule has 1 heterocycles. The van der Waals surface area contributed by atoms with Gasteiger partial charge in [0.1, 0.15) is 5.69 Å². The lowest BCUT2D eigenvalue weighted by molar-refractivity contribution is -0.120. The summed E-state index contributed by atoms with van der Waals surface area (Å²) >= 11 is 1.40. The van der Waals surface area contributed by atoms with Crippen molar-refractivity contribution in [3.05, 3.63) is 16.1 Å². The third-order valence-electron chi connectivity index (χ3n) is 2.49. The van der Waals surface area contributed by atoms with Crippen LogP contribution in [0.15, 0.2) is 5.38 Å². The molecule has 1 aliphatic carbocycles. The summed E-state index contributed by atoms with van der Waals surface area (Å²) < 4.78 is 0. The molecule has 1 aromatic rings. The van der Waals surface area contributed by atoms with Gasteiger partial charge in [0.25, 0.3) is 5.91 Å². The lowest BCUT2D eigenvalue weighted by Crippen LogP contribution is -2.37. The van der Waals surface area contributed by atoms with Crippen molar-refractivity contribution in [3.8, 4) is 0 Å². The van der Waals surface area contributed by atoms with E-state index in [9.17, 15) is 9.59 Å². The molecule has 0 bridgehead atoms. The number of carbonyl (C=O) groups is 2. The van der Waals surface area contributed by atoms with Crippen molar-refractivity contribution in [2.45, 2.75) is 25.3 Å². The summed E-state index contributed by atoms with van der Waals surface area (Å²) in [6.45, 7) is 0.511. The van der Waals surface area contributed by atoms with E-state index in [0.717, 1.165) is 17.8 Å². The normalized spacial score (nSPS) is 13.5. The van der Waals surface area contributed by atoms with Crippen molar-refractivity contribution in [3.63, 3.8) is 0 Å². The predicted molar refractivity (Wildman–Crippen MR) is 75.6 cm³/mol. The van der Waals surface area contributed by atoms with Gasteiger partial charge in [0.15, 0.2) is 0 Å². The van der Waals surface area contributed by atoms with Gasteiger partial charge in [-0.2, -0.15) is 0 Å². The van der Waals surface area contributed by atoms with E-state index in [1.54, 1.807) is 5.38 Å². The van der Waals surface area contributed by atoms with Gasteiger partial charge in [-0.25, -0.2) is 4.98 Å². The van der Waals surface area contributed by atoms with Crippen LogP contribution in [-0.2, 0) is 11.2 Å². The molecule has 0 atom stereocenters. The maximum Gasteiger partial charge on any atom is 0.271 e. The summed E-state index contributed by atoms with van der Waals surface area (Å²) in [4.78, 5) is 27.2. The molecule has 0 aromatic carbocycles. The lowest BCUT2D eigenvalue weighted by Gasteiger charge is -2.04. The Labute approximate surface area is 121 Å². The molecule has 1 saturated carbocycles. The fourth-order valence-electron chi connectivity index (χ4n) is 1.41. The zero-order chi connectivity index (χ0) is 13.0. The molecule has 106 valence electrons. The van der Waals surface area contributed by atoms with Crippen LogP contribution in [0.4, 0.5) is 0 Å².